The molecule has 0 spiro atoms. The number of sulfone groups is 1. The number of hydrogen-bond donors (Lipinski definition) is 1. The van der Waals surface area contributed by atoms with Crippen LogP contribution in [-0.2, 0) is 16.4 Å². The zero-order chi connectivity index (χ0) is 25.4. The minimum atomic E-state index is -3.34. The van der Waals surface area contributed by atoms with Crippen LogP contribution in [0, 0.1) is 0 Å². The number of hydrogen-bond acceptors (Lipinski definition) is 7. The number of ether oxygens (including phenoxy) is 3. The van der Waals surface area contributed by atoms with Crippen LogP contribution in [0.25, 0.3) is 5.69 Å². The van der Waals surface area contributed by atoms with E-state index < -0.39 is 15.9 Å². The van der Waals surface area contributed by atoms with Gasteiger partial charge >= 0.3 is 0 Å². The average molecular weight is 522 g/mol. The largest absolute Gasteiger partial charge is 0.493 e. The molecule has 3 aromatic rings. The average Bonchev–Trinajstić information content (AvgIpc) is 2.82. The Morgan fingerprint density at radius 1 is 1.03 bits per heavy atom. The number of pyridine rings is 1. The Bertz CT molecular complexity index is 1290. The SMILES string of the molecule is CCCS(=O)(=O)C[C@@H](O)COc1ccc(-n2ccc(OCc3ccc(Cl)cc3)cc2=O)cc1OC. The highest BCUT2D eigenvalue weighted by Gasteiger charge is 2.18. The molecule has 0 unspecified atom stereocenters. The lowest BCUT2D eigenvalue weighted by Crippen LogP contribution is -2.28. The van der Waals surface area contributed by atoms with Gasteiger partial charge in [0.25, 0.3) is 5.56 Å². The standard InChI is InChI=1S/C25H28ClNO7S/c1-3-12-35(30,31)17-21(28)16-34-23-9-8-20(13-24(23)32-2)27-11-10-22(14-25(27)29)33-15-18-4-6-19(26)7-5-18/h4-11,13-14,21,28H,3,12,15-17H2,1-2H3/t21-/m0/s1. The molecule has 10 heteroatoms. The van der Waals surface area contributed by atoms with Crippen molar-refractivity contribution in [3.05, 3.63) is 81.7 Å². The Morgan fingerprint density at radius 2 is 1.77 bits per heavy atom. The number of methoxy groups -OCH3 is 1. The smallest absolute Gasteiger partial charge is 0.258 e. The Balaban J connectivity index is 1.67. The molecule has 0 aliphatic heterocycles. The second-order valence-corrected chi connectivity index (χ2v) is 10.6. The van der Waals surface area contributed by atoms with Gasteiger partial charge in [-0.2, -0.15) is 0 Å². The number of rotatable bonds is 12. The maximum absolute atomic E-state index is 12.7. The van der Waals surface area contributed by atoms with Crippen molar-refractivity contribution < 1.29 is 27.7 Å². The molecule has 0 fully saturated rings. The molecule has 1 atom stereocenters. The van der Waals surface area contributed by atoms with Crippen molar-refractivity contribution in [2.24, 2.45) is 0 Å². The first-order valence-corrected chi connectivity index (χ1v) is 13.2. The number of aromatic nitrogens is 1. The van der Waals surface area contributed by atoms with Crippen molar-refractivity contribution in [2.45, 2.75) is 26.1 Å². The van der Waals surface area contributed by atoms with Gasteiger partial charge in [0.1, 0.15) is 25.1 Å². The maximum Gasteiger partial charge on any atom is 0.258 e. The van der Waals surface area contributed by atoms with Gasteiger partial charge in [-0.25, -0.2) is 8.42 Å². The highest BCUT2D eigenvalue weighted by molar-refractivity contribution is 7.91. The van der Waals surface area contributed by atoms with E-state index in [-0.39, 0.29) is 23.7 Å². The fraction of sp³-hybridized carbons (Fsp3) is 0.320. The first-order chi connectivity index (χ1) is 16.7. The van der Waals surface area contributed by atoms with Crippen LogP contribution in [0.5, 0.6) is 17.2 Å². The lowest BCUT2D eigenvalue weighted by atomic mass is 10.2. The van der Waals surface area contributed by atoms with Gasteiger partial charge in [-0.15, -0.1) is 0 Å². The van der Waals surface area contributed by atoms with Crippen molar-refractivity contribution in [1.82, 2.24) is 4.57 Å². The van der Waals surface area contributed by atoms with Crippen LogP contribution in [0.3, 0.4) is 0 Å². The van der Waals surface area contributed by atoms with Crippen LogP contribution in [0.15, 0.2) is 65.6 Å². The van der Waals surface area contributed by atoms with E-state index in [9.17, 15) is 18.3 Å². The van der Waals surface area contributed by atoms with Crippen LogP contribution in [0.4, 0.5) is 0 Å². The molecular weight excluding hydrogens is 494 g/mol. The predicted molar refractivity (Wildman–Crippen MR) is 135 cm³/mol. The van der Waals surface area contributed by atoms with Crippen LogP contribution < -0.4 is 19.8 Å². The second kappa shape index (κ2) is 12.1. The van der Waals surface area contributed by atoms with Crippen LogP contribution in [-0.4, -0.2) is 49.4 Å². The Morgan fingerprint density at radius 3 is 2.43 bits per heavy atom. The van der Waals surface area contributed by atoms with Gasteiger partial charge in [0.2, 0.25) is 0 Å². The van der Waals surface area contributed by atoms with E-state index in [2.05, 4.69) is 0 Å². The quantitative estimate of drug-likeness (QED) is 0.388. The molecule has 1 N–H and O–H groups in total. The first kappa shape index (κ1) is 26.6. The fourth-order valence-corrected chi connectivity index (χ4v) is 4.96. The van der Waals surface area contributed by atoms with Crippen molar-refractivity contribution in [3.63, 3.8) is 0 Å². The topological polar surface area (TPSA) is 104 Å². The molecule has 2 aromatic carbocycles. The molecule has 1 aromatic heterocycles. The molecule has 0 aliphatic carbocycles. The summed E-state index contributed by atoms with van der Waals surface area (Å²) in [6, 6.07) is 15.2. The molecular formula is C25H28ClNO7S. The fourth-order valence-electron chi connectivity index (χ4n) is 3.36. The third-order valence-corrected chi connectivity index (χ3v) is 7.20. The Labute approximate surface area is 209 Å². The zero-order valence-electron chi connectivity index (χ0n) is 19.5. The molecule has 3 rings (SSSR count). The molecule has 0 bridgehead atoms. The third-order valence-electron chi connectivity index (χ3n) is 5.03. The summed E-state index contributed by atoms with van der Waals surface area (Å²) in [6.07, 6.45) is 0.913. The summed E-state index contributed by atoms with van der Waals surface area (Å²) in [5.41, 5.74) is 1.16. The van der Waals surface area contributed by atoms with E-state index >= 15 is 0 Å². The molecule has 8 nitrogen and oxygen atoms in total. The van der Waals surface area contributed by atoms with Crippen LogP contribution in [0.1, 0.15) is 18.9 Å². The summed E-state index contributed by atoms with van der Waals surface area (Å²) in [5.74, 6) is 0.727. The second-order valence-electron chi connectivity index (χ2n) is 7.90. The van der Waals surface area contributed by atoms with E-state index in [1.165, 1.54) is 17.7 Å². The summed E-state index contributed by atoms with van der Waals surface area (Å²) in [5, 5.41) is 10.7. The van der Waals surface area contributed by atoms with E-state index in [1.54, 1.807) is 49.5 Å². The summed E-state index contributed by atoms with van der Waals surface area (Å²) in [4.78, 5) is 12.7. The maximum atomic E-state index is 12.7. The molecule has 1 heterocycles. The number of aliphatic hydroxyl groups excluding tert-OH is 1. The molecule has 0 radical (unpaired) electrons. The normalized spacial score (nSPS) is 12.2. The summed E-state index contributed by atoms with van der Waals surface area (Å²) in [6.45, 7) is 1.85. The lowest BCUT2D eigenvalue weighted by Gasteiger charge is -2.16. The number of nitrogens with zero attached hydrogens (tertiary/aromatic N) is 1. The number of halogens is 1. The molecule has 0 aliphatic rings. The molecule has 188 valence electrons. The van der Waals surface area contributed by atoms with Crippen LogP contribution >= 0.6 is 11.6 Å². The van der Waals surface area contributed by atoms with Gasteiger partial charge in [0.05, 0.1) is 24.3 Å². The minimum Gasteiger partial charge on any atom is -0.493 e. The van der Waals surface area contributed by atoms with Crippen molar-refractivity contribution >= 4 is 21.4 Å². The van der Waals surface area contributed by atoms with Gasteiger partial charge in [0.15, 0.2) is 21.3 Å². The van der Waals surface area contributed by atoms with E-state index in [4.69, 9.17) is 25.8 Å². The first-order valence-electron chi connectivity index (χ1n) is 11.0. The monoisotopic (exact) mass is 521 g/mol. The molecule has 35 heavy (non-hydrogen) atoms. The molecule has 0 amide bonds. The van der Waals surface area contributed by atoms with Crippen molar-refractivity contribution in [1.29, 1.82) is 0 Å². The van der Waals surface area contributed by atoms with Gasteiger partial charge in [-0.3, -0.25) is 9.36 Å². The molecule has 0 saturated heterocycles. The summed E-state index contributed by atoms with van der Waals surface area (Å²) in [7, 11) is -1.89. The van der Waals surface area contributed by atoms with Crippen molar-refractivity contribution in [3.8, 4) is 22.9 Å². The predicted octanol–water partition coefficient (Wildman–Crippen LogP) is 3.64. The van der Waals surface area contributed by atoms with Gasteiger partial charge in [0, 0.05) is 23.4 Å². The third kappa shape index (κ3) is 7.74. The summed E-state index contributed by atoms with van der Waals surface area (Å²) < 4.78 is 41.8. The van der Waals surface area contributed by atoms with Gasteiger partial charge < -0.3 is 19.3 Å². The Hall–Kier alpha value is -3.01. The van der Waals surface area contributed by atoms with Crippen LogP contribution in [0.2, 0.25) is 5.02 Å². The lowest BCUT2D eigenvalue weighted by molar-refractivity contribution is 0.122. The van der Waals surface area contributed by atoms with Gasteiger partial charge in [-0.05, 0) is 42.3 Å². The Kier molecular flexibility index (Phi) is 9.20. The zero-order valence-corrected chi connectivity index (χ0v) is 21.1. The molecule has 0 saturated carbocycles. The highest BCUT2D eigenvalue weighted by atomic mass is 35.5. The van der Waals surface area contributed by atoms with E-state index in [1.807, 2.05) is 12.1 Å². The van der Waals surface area contributed by atoms with Crippen molar-refractivity contribution in [2.75, 3.05) is 25.2 Å². The minimum absolute atomic E-state index is 0.0157. The van der Waals surface area contributed by atoms with E-state index in [0.717, 1.165) is 5.56 Å². The van der Waals surface area contributed by atoms with E-state index in [0.29, 0.717) is 41.0 Å². The highest BCUT2D eigenvalue weighted by Crippen LogP contribution is 2.29. The number of aliphatic hydroxyl groups is 1. The van der Waals surface area contributed by atoms with Gasteiger partial charge in [-0.1, -0.05) is 30.7 Å². The number of benzene rings is 2. The summed E-state index contributed by atoms with van der Waals surface area (Å²) >= 11 is 5.89.